The van der Waals surface area contributed by atoms with Crippen LogP contribution in [0.1, 0.15) is 50.7 Å². The van der Waals surface area contributed by atoms with Crippen molar-refractivity contribution in [2.24, 2.45) is 0 Å². The summed E-state index contributed by atoms with van der Waals surface area (Å²) in [6.45, 7) is 5.90. The minimum absolute atomic E-state index is 0. The van der Waals surface area contributed by atoms with Crippen LogP contribution in [-0.4, -0.2) is 29.9 Å². The minimum atomic E-state index is -0.864. The normalized spacial score (nSPS) is 23.7. The molecule has 1 N–H and O–H groups in total. The van der Waals surface area contributed by atoms with Gasteiger partial charge in [0.15, 0.2) is 5.60 Å². The Morgan fingerprint density at radius 3 is 2.38 bits per heavy atom. The Morgan fingerprint density at radius 2 is 1.88 bits per heavy atom. The Kier molecular flexibility index (Phi) is 13.5. The molecular formula is C20H28O4WY-2. The predicted molar refractivity (Wildman–Crippen MR) is 95.4 cm³/mol. The van der Waals surface area contributed by atoms with Gasteiger partial charge in [-0.25, -0.2) is 0 Å². The number of carbonyl (C=O) groups is 1. The van der Waals surface area contributed by atoms with Crippen molar-refractivity contribution < 1.29 is 73.1 Å². The van der Waals surface area contributed by atoms with E-state index in [1.807, 2.05) is 32.9 Å². The van der Waals surface area contributed by atoms with Gasteiger partial charge in [0.1, 0.15) is 5.76 Å². The summed E-state index contributed by atoms with van der Waals surface area (Å²) in [5.41, 5.74) is 0.936. The molecular weight excluding hydrogens is 577 g/mol. The molecule has 0 amide bonds. The molecule has 1 saturated carbocycles. The van der Waals surface area contributed by atoms with Crippen molar-refractivity contribution in [1.29, 1.82) is 0 Å². The summed E-state index contributed by atoms with van der Waals surface area (Å²) in [5, 5.41) is 10.6. The Hall–Kier alpha value is -0.0178. The number of methoxy groups -OCH3 is 1. The standard InChI is InChI=1S/C17H19O4.C2H6.CH3.W.Y/c1-11-5-3-4-6-13(11)14-15(18)17(21-16(14)19)9-7-12(20-2)8-10-17;1-2;;;/h3-5,12,18H,7-10H2,1-2H3;1-2H3;1H3;;/q-1;;-1;;. The van der Waals surface area contributed by atoms with Crippen LogP contribution in [0.25, 0.3) is 5.57 Å². The van der Waals surface area contributed by atoms with Crippen LogP contribution in [0.5, 0.6) is 0 Å². The molecule has 1 radical (unpaired) electrons. The van der Waals surface area contributed by atoms with Gasteiger partial charge in [-0.3, -0.25) is 4.79 Å². The van der Waals surface area contributed by atoms with Crippen molar-refractivity contribution >= 4 is 11.5 Å². The fourth-order valence-corrected chi connectivity index (χ4v) is 3.24. The molecule has 1 spiro atoms. The number of hydrogen-bond donors (Lipinski definition) is 1. The van der Waals surface area contributed by atoms with Crippen molar-refractivity contribution in [1.82, 2.24) is 0 Å². The average Bonchev–Trinajstić information content (AvgIpc) is 2.81. The van der Waals surface area contributed by atoms with Gasteiger partial charge in [0.2, 0.25) is 0 Å². The van der Waals surface area contributed by atoms with E-state index in [2.05, 4.69) is 6.07 Å². The van der Waals surface area contributed by atoms with Gasteiger partial charge in [0, 0.05) is 66.5 Å². The molecule has 1 aromatic carbocycles. The molecule has 2 aliphatic rings. The fourth-order valence-electron chi connectivity index (χ4n) is 3.24. The number of hydrogen-bond acceptors (Lipinski definition) is 4. The van der Waals surface area contributed by atoms with Gasteiger partial charge in [0.05, 0.1) is 6.10 Å². The quantitative estimate of drug-likeness (QED) is 0.401. The first-order valence-electron chi connectivity index (χ1n) is 8.25. The van der Waals surface area contributed by atoms with E-state index in [0.29, 0.717) is 18.4 Å². The molecule has 4 nitrogen and oxygen atoms in total. The van der Waals surface area contributed by atoms with Crippen molar-refractivity contribution in [3.8, 4) is 0 Å². The van der Waals surface area contributed by atoms with E-state index in [1.165, 1.54) is 0 Å². The zero-order valence-electron chi connectivity index (χ0n) is 16.3. The van der Waals surface area contributed by atoms with Crippen LogP contribution in [-0.2, 0) is 68.0 Å². The molecule has 1 aliphatic heterocycles. The largest absolute Gasteiger partial charge is 0.517 e. The van der Waals surface area contributed by atoms with E-state index in [1.54, 1.807) is 13.2 Å². The van der Waals surface area contributed by atoms with Crippen LogP contribution in [0, 0.1) is 20.4 Å². The van der Waals surface area contributed by atoms with Gasteiger partial charge in [-0.05, 0) is 25.7 Å². The summed E-state index contributed by atoms with van der Waals surface area (Å²) in [5.74, 6) is -0.387. The first kappa shape index (κ1) is 28.2. The molecule has 0 atom stereocenters. The number of carbonyl (C=O) groups excluding carboxylic acids is 1. The first-order chi connectivity index (χ1) is 11.1. The molecule has 0 unspecified atom stereocenters. The Balaban J connectivity index is 0. The third kappa shape index (κ3) is 5.50. The van der Waals surface area contributed by atoms with Crippen LogP contribution < -0.4 is 0 Å². The summed E-state index contributed by atoms with van der Waals surface area (Å²) in [6, 6.07) is 8.53. The Labute approximate surface area is 197 Å². The topological polar surface area (TPSA) is 55.8 Å². The number of esters is 1. The Bertz CT molecular complexity index is 608. The molecule has 6 heteroatoms. The summed E-state index contributed by atoms with van der Waals surface area (Å²) in [7, 11) is 1.69. The zero-order valence-corrected chi connectivity index (χ0v) is 22.1. The van der Waals surface area contributed by atoms with E-state index in [4.69, 9.17) is 9.47 Å². The van der Waals surface area contributed by atoms with Crippen molar-refractivity contribution in [3.05, 3.63) is 48.6 Å². The number of aliphatic hydroxyl groups is 1. The van der Waals surface area contributed by atoms with E-state index in [0.717, 1.165) is 18.4 Å². The van der Waals surface area contributed by atoms with Gasteiger partial charge < -0.3 is 22.0 Å². The molecule has 1 fully saturated rings. The number of aryl methyl sites for hydroxylation is 1. The van der Waals surface area contributed by atoms with E-state index in [-0.39, 0.29) is 78.6 Å². The molecule has 0 aromatic heterocycles. The maximum absolute atomic E-state index is 12.3. The molecule has 1 aromatic rings. The SMILES string of the molecule is CC.COC1CCC2(CC1)OC(=O)C(c1[c-]cccc1C)=C2O.[CH3-].[W].[Y]. The average molecular weight is 605 g/mol. The van der Waals surface area contributed by atoms with Crippen molar-refractivity contribution in [2.45, 2.75) is 58.2 Å². The first-order valence-corrected chi connectivity index (χ1v) is 8.25. The van der Waals surface area contributed by atoms with Crippen LogP contribution in [0.15, 0.2) is 24.0 Å². The molecule has 3 rings (SSSR count). The summed E-state index contributed by atoms with van der Waals surface area (Å²) >= 11 is 0. The maximum Gasteiger partial charge on any atom is 0.300 e. The molecule has 26 heavy (non-hydrogen) atoms. The van der Waals surface area contributed by atoms with Crippen LogP contribution in [0.2, 0.25) is 0 Å². The predicted octanol–water partition coefficient (Wildman–Crippen LogP) is 4.42. The summed E-state index contributed by atoms with van der Waals surface area (Å²) < 4.78 is 10.9. The molecule has 143 valence electrons. The molecule has 0 bridgehead atoms. The molecule has 1 aliphatic carbocycles. The van der Waals surface area contributed by atoms with Crippen molar-refractivity contribution in [3.63, 3.8) is 0 Å². The number of rotatable bonds is 2. The van der Waals surface area contributed by atoms with Gasteiger partial charge in [-0.15, -0.1) is 35.4 Å². The second-order valence-corrected chi connectivity index (χ2v) is 5.77. The number of ether oxygens (including phenoxy) is 2. The molecule has 1 heterocycles. The van der Waals surface area contributed by atoms with Gasteiger partial charge in [-0.1, -0.05) is 20.8 Å². The Morgan fingerprint density at radius 1 is 1.31 bits per heavy atom. The van der Waals surface area contributed by atoms with Crippen LogP contribution in [0.3, 0.4) is 0 Å². The van der Waals surface area contributed by atoms with Crippen molar-refractivity contribution in [2.75, 3.05) is 7.11 Å². The number of benzene rings is 1. The van der Waals surface area contributed by atoms with Crippen LogP contribution in [0.4, 0.5) is 0 Å². The minimum Gasteiger partial charge on any atom is -0.517 e. The summed E-state index contributed by atoms with van der Waals surface area (Å²) in [4.78, 5) is 12.3. The third-order valence-corrected chi connectivity index (χ3v) is 4.55. The van der Waals surface area contributed by atoms with E-state index < -0.39 is 11.6 Å². The monoisotopic (exact) mass is 605 g/mol. The maximum atomic E-state index is 12.3. The second kappa shape index (κ2) is 12.4. The number of aliphatic hydroxyl groups excluding tert-OH is 1. The summed E-state index contributed by atoms with van der Waals surface area (Å²) in [6.07, 6.45) is 2.92. The van der Waals surface area contributed by atoms with Gasteiger partial charge in [0.25, 0.3) is 5.97 Å². The van der Waals surface area contributed by atoms with E-state index >= 15 is 0 Å². The van der Waals surface area contributed by atoms with Crippen LogP contribution >= 0.6 is 0 Å². The third-order valence-electron chi connectivity index (χ3n) is 4.55. The molecule has 0 saturated heterocycles. The second-order valence-electron chi connectivity index (χ2n) is 5.77. The van der Waals surface area contributed by atoms with Gasteiger partial charge in [-0.2, -0.15) is 0 Å². The zero-order chi connectivity index (χ0) is 17.0. The smallest absolute Gasteiger partial charge is 0.300 e. The fraction of sp³-hybridized carbons (Fsp3) is 0.500. The van der Waals surface area contributed by atoms with E-state index in [9.17, 15) is 9.90 Å². The van der Waals surface area contributed by atoms with Gasteiger partial charge >= 0.3 is 0 Å².